The molecule has 1 aromatic rings. The summed E-state index contributed by atoms with van der Waals surface area (Å²) < 4.78 is 1.99. The van der Waals surface area contributed by atoms with Crippen LogP contribution in [0.1, 0.15) is 77.3 Å². The van der Waals surface area contributed by atoms with Crippen molar-refractivity contribution in [3.63, 3.8) is 0 Å². The van der Waals surface area contributed by atoms with Crippen LogP contribution in [-0.4, -0.2) is 35.0 Å². The lowest BCUT2D eigenvalue weighted by atomic mass is 9.82. The molecule has 1 aliphatic carbocycles. The van der Waals surface area contributed by atoms with Gasteiger partial charge in [0.05, 0.1) is 0 Å². The molecule has 1 saturated heterocycles. The number of piperidine rings is 1. The number of nitrogens with zero attached hydrogens (tertiary/aromatic N) is 2. The van der Waals surface area contributed by atoms with E-state index >= 15 is 0 Å². The fraction of sp³-hybridized carbons (Fsp3) is 0.750. The molecule has 160 valence electrons. The van der Waals surface area contributed by atoms with Gasteiger partial charge < -0.3 is 14.8 Å². The summed E-state index contributed by atoms with van der Waals surface area (Å²) in [6.07, 6.45) is 8.24. The van der Waals surface area contributed by atoms with E-state index in [4.69, 9.17) is 0 Å². The number of carbonyl (C=O) groups is 1. The minimum atomic E-state index is 0.0113. The van der Waals surface area contributed by atoms with Gasteiger partial charge in [0, 0.05) is 44.2 Å². The minimum absolute atomic E-state index is 0.0113. The van der Waals surface area contributed by atoms with Gasteiger partial charge in [-0.2, -0.15) is 0 Å². The number of rotatable bonds is 4. The van der Waals surface area contributed by atoms with Crippen LogP contribution in [0.3, 0.4) is 0 Å². The Labute approximate surface area is 174 Å². The van der Waals surface area contributed by atoms with Crippen LogP contribution >= 0.6 is 0 Å². The Morgan fingerprint density at radius 3 is 2.59 bits per heavy atom. The molecule has 2 aliphatic heterocycles. The number of nitrogens with one attached hydrogen (secondary N) is 1. The van der Waals surface area contributed by atoms with Gasteiger partial charge in [0.15, 0.2) is 0 Å². The highest BCUT2D eigenvalue weighted by molar-refractivity contribution is 5.77. The standard InChI is InChI=1S/C24H37N3O2/c1-24(2,3)12-22(28)26-14-18-11-19(16-26)21-10-9-20(23(29)27(21)15-18)25-13-17-7-5-4-6-8-17/h9-10,17-19,25H,4-8,11-16H2,1-3H3. The molecule has 2 fully saturated rings. The lowest BCUT2D eigenvalue weighted by Gasteiger charge is -2.43. The molecule has 1 aromatic heterocycles. The molecule has 0 aromatic carbocycles. The summed E-state index contributed by atoms with van der Waals surface area (Å²) in [5.74, 6) is 1.63. The second-order valence-electron chi connectivity index (χ2n) is 10.8. The predicted octanol–water partition coefficient (Wildman–Crippen LogP) is 4.22. The molecule has 1 saturated carbocycles. The Hall–Kier alpha value is -1.78. The maximum atomic E-state index is 13.1. The summed E-state index contributed by atoms with van der Waals surface area (Å²) in [5, 5.41) is 3.45. The average Bonchev–Trinajstić information content (AvgIpc) is 2.67. The van der Waals surface area contributed by atoms with Crippen molar-refractivity contribution in [3.8, 4) is 0 Å². The Morgan fingerprint density at radius 1 is 1.10 bits per heavy atom. The fourth-order valence-electron chi connectivity index (χ4n) is 5.50. The van der Waals surface area contributed by atoms with E-state index in [1.165, 1.54) is 32.1 Å². The van der Waals surface area contributed by atoms with Gasteiger partial charge in [0.2, 0.25) is 5.91 Å². The zero-order chi connectivity index (χ0) is 20.6. The molecule has 1 amide bonds. The van der Waals surface area contributed by atoms with Crippen LogP contribution in [0, 0.1) is 17.3 Å². The molecule has 2 atom stereocenters. The Bertz CT molecular complexity index is 801. The molecule has 2 unspecified atom stereocenters. The quantitative estimate of drug-likeness (QED) is 0.825. The number of aromatic nitrogens is 1. The van der Waals surface area contributed by atoms with Gasteiger partial charge >= 0.3 is 0 Å². The van der Waals surface area contributed by atoms with Crippen LogP contribution in [0.4, 0.5) is 5.69 Å². The first-order valence-corrected chi connectivity index (χ1v) is 11.6. The van der Waals surface area contributed by atoms with E-state index < -0.39 is 0 Å². The van der Waals surface area contributed by atoms with E-state index in [1.54, 1.807) is 0 Å². The molecule has 1 N–H and O–H groups in total. The third-order valence-electron chi connectivity index (χ3n) is 6.94. The molecular formula is C24H37N3O2. The van der Waals surface area contributed by atoms with Crippen LogP contribution in [0.2, 0.25) is 0 Å². The molecule has 4 rings (SSSR count). The molecular weight excluding hydrogens is 362 g/mol. The van der Waals surface area contributed by atoms with E-state index in [0.717, 1.165) is 44.0 Å². The van der Waals surface area contributed by atoms with Crippen LogP contribution < -0.4 is 10.9 Å². The second-order valence-corrected chi connectivity index (χ2v) is 10.8. The third-order valence-corrected chi connectivity index (χ3v) is 6.94. The van der Waals surface area contributed by atoms with Gasteiger partial charge in [-0.15, -0.1) is 0 Å². The molecule has 5 heteroatoms. The van der Waals surface area contributed by atoms with Gasteiger partial charge in [-0.25, -0.2) is 0 Å². The summed E-state index contributed by atoms with van der Waals surface area (Å²) >= 11 is 0. The SMILES string of the molecule is CC(C)(C)CC(=O)N1CC2CC(C1)c1ccc(NCC3CCCCC3)c(=O)n1C2. The highest BCUT2D eigenvalue weighted by Gasteiger charge is 2.37. The Balaban J connectivity index is 1.46. The molecule has 3 heterocycles. The highest BCUT2D eigenvalue weighted by Crippen LogP contribution is 2.36. The Morgan fingerprint density at radius 2 is 1.86 bits per heavy atom. The van der Waals surface area contributed by atoms with E-state index in [9.17, 15) is 9.59 Å². The van der Waals surface area contributed by atoms with E-state index in [2.05, 4.69) is 32.2 Å². The van der Waals surface area contributed by atoms with Crippen LogP contribution in [0.15, 0.2) is 16.9 Å². The smallest absolute Gasteiger partial charge is 0.274 e. The van der Waals surface area contributed by atoms with Gasteiger partial charge in [-0.05, 0) is 48.6 Å². The largest absolute Gasteiger partial charge is 0.380 e. The minimum Gasteiger partial charge on any atom is -0.380 e. The highest BCUT2D eigenvalue weighted by atomic mass is 16.2. The van der Waals surface area contributed by atoms with Crippen molar-refractivity contribution in [1.82, 2.24) is 9.47 Å². The number of likely N-dealkylation sites (tertiary alicyclic amines) is 1. The maximum Gasteiger partial charge on any atom is 0.274 e. The van der Waals surface area contributed by atoms with Crippen molar-refractivity contribution in [2.45, 2.75) is 78.2 Å². The van der Waals surface area contributed by atoms with Gasteiger partial charge in [0.25, 0.3) is 5.56 Å². The van der Waals surface area contributed by atoms with Crippen molar-refractivity contribution in [2.24, 2.45) is 17.3 Å². The monoisotopic (exact) mass is 399 g/mol. The average molecular weight is 400 g/mol. The van der Waals surface area contributed by atoms with Crippen molar-refractivity contribution in [2.75, 3.05) is 25.0 Å². The first-order valence-electron chi connectivity index (χ1n) is 11.6. The van der Waals surface area contributed by atoms with E-state index in [-0.39, 0.29) is 22.8 Å². The number of pyridine rings is 1. The van der Waals surface area contributed by atoms with Crippen LogP contribution in [0.25, 0.3) is 0 Å². The van der Waals surface area contributed by atoms with Crippen LogP contribution in [0.5, 0.6) is 0 Å². The Kier molecular flexibility index (Phi) is 5.76. The van der Waals surface area contributed by atoms with Crippen molar-refractivity contribution >= 4 is 11.6 Å². The molecule has 0 spiro atoms. The number of amides is 1. The molecule has 2 bridgehead atoms. The zero-order valence-electron chi connectivity index (χ0n) is 18.4. The number of fused-ring (bicyclic) bond motifs is 4. The number of carbonyl (C=O) groups excluding carboxylic acids is 1. The number of hydrogen-bond acceptors (Lipinski definition) is 3. The van der Waals surface area contributed by atoms with E-state index in [1.807, 2.05) is 15.5 Å². The molecule has 29 heavy (non-hydrogen) atoms. The van der Waals surface area contributed by atoms with E-state index in [0.29, 0.717) is 18.3 Å². The molecule has 3 aliphatic rings. The lowest BCUT2D eigenvalue weighted by Crippen LogP contribution is -2.49. The summed E-state index contributed by atoms with van der Waals surface area (Å²) in [7, 11) is 0. The van der Waals surface area contributed by atoms with Crippen molar-refractivity contribution in [3.05, 3.63) is 28.2 Å². The summed E-state index contributed by atoms with van der Waals surface area (Å²) in [5.41, 5.74) is 2.00. The summed E-state index contributed by atoms with van der Waals surface area (Å²) in [4.78, 5) is 28.0. The predicted molar refractivity (Wildman–Crippen MR) is 117 cm³/mol. The summed E-state index contributed by atoms with van der Waals surface area (Å²) in [6.45, 7) is 9.54. The first-order chi connectivity index (χ1) is 13.8. The zero-order valence-corrected chi connectivity index (χ0v) is 18.4. The topological polar surface area (TPSA) is 54.3 Å². The number of hydrogen-bond donors (Lipinski definition) is 1. The molecule has 0 radical (unpaired) electrons. The van der Waals surface area contributed by atoms with Crippen LogP contribution in [-0.2, 0) is 11.3 Å². The summed E-state index contributed by atoms with van der Waals surface area (Å²) in [6, 6.07) is 4.11. The van der Waals surface area contributed by atoms with Gasteiger partial charge in [-0.1, -0.05) is 40.0 Å². The van der Waals surface area contributed by atoms with Gasteiger partial charge in [-0.3, -0.25) is 9.59 Å². The second kappa shape index (κ2) is 8.16. The van der Waals surface area contributed by atoms with Gasteiger partial charge in [0.1, 0.15) is 5.69 Å². The lowest BCUT2D eigenvalue weighted by molar-refractivity contribution is -0.135. The maximum absolute atomic E-state index is 13.1. The normalized spacial score (nSPS) is 24.9. The van der Waals surface area contributed by atoms with Crippen molar-refractivity contribution < 1.29 is 4.79 Å². The fourth-order valence-corrected chi connectivity index (χ4v) is 5.50. The molecule has 5 nitrogen and oxygen atoms in total. The third kappa shape index (κ3) is 4.70. The number of anilines is 1. The first kappa shape index (κ1) is 20.5. The van der Waals surface area contributed by atoms with Crippen molar-refractivity contribution in [1.29, 1.82) is 0 Å².